The molecule has 2 fully saturated rings. The maximum atomic E-state index is 12.7. The number of cyclic esters (lactones) is 1. The van der Waals surface area contributed by atoms with Crippen LogP contribution in [0, 0.1) is 17.3 Å². The van der Waals surface area contributed by atoms with Crippen molar-refractivity contribution in [3.63, 3.8) is 0 Å². The summed E-state index contributed by atoms with van der Waals surface area (Å²) in [6.45, 7) is 8.22. The zero-order valence-electron chi connectivity index (χ0n) is 15.1. The Kier molecular flexibility index (Phi) is 3.44. The van der Waals surface area contributed by atoms with E-state index in [1.165, 1.54) is 11.8 Å². The highest BCUT2D eigenvalue weighted by molar-refractivity contribution is 5.92. The Balaban J connectivity index is 1.63. The van der Waals surface area contributed by atoms with Crippen LogP contribution in [0.15, 0.2) is 35.1 Å². The first-order chi connectivity index (χ1) is 11.8. The summed E-state index contributed by atoms with van der Waals surface area (Å²) in [4.78, 5) is 24.2. The molecule has 5 nitrogen and oxygen atoms in total. The molecule has 2 aliphatic heterocycles. The summed E-state index contributed by atoms with van der Waals surface area (Å²) < 4.78 is 16.7. The van der Waals surface area contributed by atoms with Crippen LogP contribution in [0.3, 0.4) is 0 Å². The van der Waals surface area contributed by atoms with Crippen LogP contribution in [0.2, 0.25) is 0 Å². The first-order valence-corrected chi connectivity index (χ1v) is 8.96. The van der Waals surface area contributed by atoms with Gasteiger partial charge in [-0.2, -0.15) is 0 Å². The summed E-state index contributed by atoms with van der Waals surface area (Å²) in [5.74, 6) is -0.559. The van der Waals surface area contributed by atoms with Gasteiger partial charge >= 0.3 is 11.9 Å². The number of hydrogen-bond donors (Lipinski definition) is 0. The molecule has 0 aromatic rings. The van der Waals surface area contributed by atoms with Gasteiger partial charge in [-0.1, -0.05) is 26.8 Å². The van der Waals surface area contributed by atoms with Crippen LogP contribution in [-0.2, 0) is 23.8 Å². The molecule has 2 bridgehead atoms. The predicted molar refractivity (Wildman–Crippen MR) is 90.0 cm³/mol. The van der Waals surface area contributed by atoms with Crippen LogP contribution in [0.5, 0.6) is 0 Å². The maximum Gasteiger partial charge on any atom is 0.338 e. The fraction of sp³-hybridized carbons (Fsp3) is 0.600. The van der Waals surface area contributed by atoms with Gasteiger partial charge in [0.2, 0.25) is 0 Å². The van der Waals surface area contributed by atoms with Gasteiger partial charge in [0.1, 0.15) is 5.60 Å². The van der Waals surface area contributed by atoms with Gasteiger partial charge in [0.05, 0.1) is 11.8 Å². The Morgan fingerprint density at radius 1 is 1.24 bits per heavy atom. The molecule has 4 atom stereocenters. The summed E-state index contributed by atoms with van der Waals surface area (Å²) >= 11 is 0. The number of ether oxygens (including phenoxy) is 3. The number of allylic oxidation sites excluding steroid dienone is 1. The molecule has 0 aromatic heterocycles. The van der Waals surface area contributed by atoms with Gasteiger partial charge in [0.15, 0.2) is 0 Å². The average Bonchev–Trinajstić information content (AvgIpc) is 2.94. The van der Waals surface area contributed by atoms with E-state index in [1.54, 1.807) is 13.0 Å². The third-order valence-electron chi connectivity index (χ3n) is 6.40. The lowest BCUT2D eigenvalue weighted by atomic mass is 9.58. The Morgan fingerprint density at radius 2 is 2.00 bits per heavy atom. The van der Waals surface area contributed by atoms with E-state index >= 15 is 0 Å². The number of carbonyl (C=O) groups is 2. The summed E-state index contributed by atoms with van der Waals surface area (Å²) in [5, 5.41) is 0. The number of carbonyl (C=O) groups excluding carboxylic acids is 2. The fourth-order valence-electron chi connectivity index (χ4n) is 5.09. The summed E-state index contributed by atoms with van der Waals surface area (Å²) in [7, 11) is 0. The number of fused-ring (bicyclic) bond motifs is 1. The molecule has 0 radical (unpaired) electrons. The van der Waals surface area contributed by atoms with E-state index in [0.29, 0.717) is 11.1 Å². The van der Waals surface area contributed by atoms with Crippen LogP contribution in [0.25, 0.3) is 0 Å². The van der Waals surface area contributed by atoms with E-state index in [0.717, 1.165) is 19.3 Å². The fourth-order valence-corrected chi connectivity index (χ4v) is 5.09. The molecular formula is C20H24O5. The lowest BCUT2D eigenvalue weighted by molar-refractivity contribution is -0.184. The Bertz CT molecular complexity index is 741. The second-order valence-electron chi connectivity index (χ2n) is 8.20. The highest BCUT2D eigenvalue weighted by Crippen LogP contribution is 2.62. The zero-order valence-corrected chi connectivity index (χ0v) is 15.1. The quantitative estimate of drug-likeness (QED) is 0.332. The topological polar surface area (TPSA) is 61.8 Å². The predicted octanol–water partition coefficient (Wildman–Crippen LogP) is 3.41. The van der Waals surface area contributed by atoms with Gasteiger partial charge in [0.25, 0.3) is 6.29 Å². The molecule has 0 amide bonds. The van der Waals surface area contributed by atoms with Crippen LogP contribution < -0.4 is 0 Å². The van der Waals surface area contributed by atoms with E-state index < -0.39 is 17.9 Å². The van der Waals surface area contributed by atoms with E-state index in [2.05, 4.69) is 26.8 Å². The minimum absolute atomic E-state index is 0.0178. The Labute approximate surface area is 147 Å². The van der Waals surface area contributed by atoms with Crippen LogP contribution >= 0.6 is 0 Å². The maximum absolute atomic E-state index is 12.7. The van der Waals surface area contributed by atoms with Crippen molar-refractivity contribution in [1.29, 1.82) is 0 Å². The molecule has 1 saturated carbocycles. The highest BCUT2D eigenvalue weighted by atomic mass is 16.7. The molecule has 1 unspecified atom stereocenters. The second-order valence-corrected chi connectivity index (χ2v) is 8.20. The van der Waals surface area contributed by atoms with E-state index in [9.17, 15) is 9.59 Å². The second kappa shape index (κ2) is 5.23. The van der Waals surface area contributed by atoms with Crippen molar-refractivity contribution in [2.24, 2.45) is 17.3 Å². The smallest absolute Gasteiger partial charge is 0.338 e. The number of hydrogen-bond acceptors (Lipinski definition) is 5. The van der Waals surface area contributed by atoms with Gasteiger partial charge in [-0.05, 0) is 31.8 Å². The molecule has 2 aliphatic carbocycles. The highest BCUT2D eigenvalue weighted by Gasteiger charge is 2.64. The van der Waals surface area contributed by atoms with Gasteiger partial charge < -0.3 is 14.2 Å². The van der Waals surface area contributed by atoms with Crippen LogP contribution in [0.1, 0.15) is 47.0 Å². The van der Waals surface area contributed by atoms with Crippen molar-refractivity contribution in [3.8, 4) is 0 Å². The SMILES string of the molecule is CC1=CC(O/C=C2/C(=O)O[C@]34C(=C[C@H]2[C@H]3C)CCCC4(C)C)OC1=O. The lowest BCUT2D eigenvalue weighted by Gasteiger charge is -2.53. The lowest BCUT2D eigenvalue weighted by Crippen LogP contribution is -2.58. The minimum Gasteiger partial charge on any atom is -0.458 e. The zero-order chi connectivity index (χ0) is 18.0. The molecule has 5 heteroatoms. The third kappa shape index (κ3) is 2.14. The summed E-state index contributed by atoms with van der Waals surface area (Å²) in [6, 6.07) is 0. The first-order valence-electron chi connectivity index (χ1n) is 8.96. The van der Waals surface area contributed by atoms with Gasteiger partial charge in [-0.15, -0.1) is 0 Å². The van der Waals surface area contributed by atoms with E-state index in [4.69, 9.17) is 14.2 Å². The summed E-state index contributed by atoms with van der Waals surface area (Å²) in [5.41, 5.74) is 1.69. The Hall–Kier alpha value is -2.04. The third-order valence-corrected chi connectivity index (χ3v) is 6.40. The molecule has 4 rings (SSSR count). The van der Waals surface area contributed by atoms with Gasteiger partial charge in [-0.25, -0.2) is 9.59 Å². The largest absolute Gasteiger partial charge is 0.458 e. The Morgan fingerprint density at radius 3 is 2.68 bits per heavy atom. The van der Waals surface area contributed by atoms with Crippen molar-refractivity contribution in [2.45, 2.75) is 58.8 Å². The molecule has 0 N–H and O–H groups in total. The van der Waals surface area contributed by atoms with Crippen molar-refractivity contribution in [3.05, 3.63) is 35.1 Å². The normalized spacial score (nSPS) is 40.2. The molecule has 0 aromatic carbocycles. The molecular weight excluding hydrogens is 320 g/mol. The molecule has 4 aliphatic rings. The van der Waals surface area contributed by atoms with E-state index in [-0.39, 0.29) is 23.2 Å². The van der Waals surface area contributed by atoms with E-state index in [1.807, 2.05) is 0 Å². The van der Waals surface area contributed by atoms with Crippen molar-refractivity contribution in [2.75, 3.05) is 0 Å². The van der Waals surface area contributed by atoms with Gasteiger partial charge in [0, 0.05) is 28.9 Å². The average molecular weight is 344 g/mol. The van der Waals surface area contributed by atoms with Gasteiger partial charge in [-0.3, -0.25) is 0 Å². The number of esters is 2. The minimum atomic E-state index is -0.772. The van der Waals surface area contributed by atoms with Crippen molar-refractivity contribution in [1.82, 2.24) is 0 Å². The molecule has 2 heterocycles. The van der Waals surface area contributed by atoms with Crippen molar-refractivity contribution >= 4 is 11.9 Å². The number of rotatable bonds is 2. The van der Waals surface area contributed by atoms with Crippen LogP contribution in [-0.4, -0.2) is 23.8 Å². The van der Waals surface area contributed by atoms with Crippen molar-refractivity contribution < 1.29 is 23.8 Å². The first kappa shape index (κ1) is 16.4. The summed E-state index contributed by atoms with van der Waals surface area (Å²) in [6.07, 6.45) is 7.61. The standard InChI is InChI=1S/C20H24O5/c1-11-8-16(24-17(11)21)23-10-15-14-9-13-6-5-7-19(3,4)20(13,12(14)2)25-18(15)22/h8-10,12,14,16H,5-7H2,1-4H3/b15-10+/t12-,14+,16?,20+/m1/s1. The molecule has 1 spiro atoms. The molecule has 25 heavy (non-hydrogen) atoms. The molecule has 1 saturated heterocycles. The van der Waals surface area contributed by atoms with Crippen LogP contribution in [0.4, 0.5) is 0 Å². The monoisotopic (exact) mass is 344 g/mol. The molecule has 134 valence electrons.